The summed E-state index contributed by atoms with van der Waals surface area (Å²) in [5.41, 5.74) is 1.16. The largest absolute Gasteiger partial charge is 0.454 e. The van der Waals surface area contributed by atoms with Gasteiger partial charge in [-0.15, -0.1) is 0 Å². The van der Waals surface area contributed by atoms with E-state index >= 15 is 0 Å². The van der Waals surface area contributed by atoms with Crippen LogP contribution < -0.4 is 14.4 Å². The van der Waals surface area contributed by atoms with Crippen molar-refractivity contribution in [2.24, 2.45) is 11.8 Å². The van der Waals surface area contributed by atoms with Crippen LogP contribution in [0, 0.1) is 11.8 Å². The minimum atomic E-state index is -3.62. The van der Waals surface area contributed by atoms with Gasteiger partial charge < -0.3 is 14.4 Å². The van der Waals surface area contributed by atoms with E-state index in [1.165, 1.54) is 11.3 Å². The van der Waals surface area contributed by atoms with Crippen LogP contribution in [0.1, 0.15) is 37.0 Å². The zero-order chi connectivity index (χ0) is 27.0. The lowest BCUT2D eigenvalue weighted by Crippen LogP contribution is -2.42. The highest BCUT2D eigenvalue weighted by molar-refractivity contribution is 7.89. The fraction of sp³-hybridized carbons (Fsp3) is 0.481. The fourth-order valence-corrected chi connectivity index (χ4v) is 7.81. The third-order valence-electron chi connectivity index (χ3n) is 6.91. The first-order valence-corrected chi connectivity index (χ1v) is 15.1. The first-order valence-electron chi connectivity index (χ1n) is 12.9. The van der Waals surface area contributed by atoms with Gasteiger partial charge in [0.15, 0.2) is 16.6 Å². The topological polar surface area (TPSA) is 92.3 Å². The van der Waals surface area contributed by atoms with E-state index in [9.17, 15) is 13.2 Å². The molecular weight excluding hydrogens is 524 g/mol. The van der Waals surface area contributed by atoms with Gasteiger partial charge in [0, 0.05) is 37.3 Å². The number of amides is 1. The van der Waals surface area contributed by atoms with Gasteiger partial charge in [-0.1, -0.05) is 25.2 Å². The van der Waals surface area contributed by atoms with Crippen LogP contribution in [0.25, 0.3) is 10.2 Å². The molecule has 3 heterocycles. The number of carbonyl (C=O) groups excluding carboxylic acids is 1. The SMILES string of the molecule is CC1CC(C)CN(S(=O)(=O)c2ccc(C(=O)N(CCCN(C)C)c3nc4cc5c(cc4s3)OCO5)cc2)C1. The molecule has 0 spiro atoms. The van der Waals surface area contributed by atoms with Gasteiger partial charge in [-0.3, -0.25) is 9.69 Å². The summed E-state index contributed by atoms with van der Waals surface area (Å²) in [4.78, 5) is 22.4. The molecule has 0 N–H and O–H groups in total. The number of nitrogens with zero attached hydrogens (tertiary/aromatic N) is 4. The van der Waals surface area contributed by atoms with Crippen LogP contribution in [-0.2, 0) is 10.0 Å². The van der Waals surface area contributed by atoms with Gasteiger partial charge in [0.1, 0.15) is 0 Å². The summed E-state index contributed by atoms with van der Waals surface area (Å²) in [6.45, 7) is 6.69. The van der Waals surface area contributed by atoms with Crippen LogP contribution in [0.3, 0.4) is 0 Å². The number of hydrogen-bond acceptors (Lipinski definition) is 8. The Kier molecular flexibility index (Phi) is 7.63. The van der Waals surface area contributed by atoms with E-state index in [0.29, 0.717) is 53.7 Å². The van der Waals surface area contributed by atoms with Crippen molar-refractivity contribution in [1.82, 2.24) is 14.2 Å². The van der Waals surface area contributed by atoms with Crippen molar-refractivity contribution in [3.63, 3.8) is 0 Å². The standard InChI is InChI=1S/C27H34N4O5S2/c1-18-12-19(2)16-30(15-18)38(33,34)21-8-6-20(7-9-21)26(32)31(11-5-10-29(3)4)27-28-22-13-23-24(36-17-35-23)14-25(22)37-27/h6-9,13-14,18-19H,5,10-12,15-17H2,1-4H3. The van der Waals surface area contributed by atoms with Crippen LogP contribution in [0.4, 0.5) is 5.13 Å². The van der Waals surface area contributed by atoms with E-state index in [1.807, 2.05) is 26.2 Å². The summed E-state index contributed by atoms with van der Waals surface area (Å²) in [6.07, 6.45) is 1.78. The van der Waals surface area contributed by atoms with Gasteiger partial charge in [0.05, 0.1) is 15.1 Å². The molecule has 2 aromatic carbocycles. The number of fused-ring (bicyclic) bond motifs is 2. The summed E-state index contributed by atoms with van der Waals surface area (Å²) in [5.74, 6) is 1.74. The maximum Gasteiger partial charge on any atom is 0.260 e. The molecule has 2 aliphatic rings. The Balaban J connectivity index is 1.40. The summed E-state index contributed by atoms with van der Waals surface area (Å²) >= 11 is 1.42. The predicted octanol–water partition coefficient (Wildman–Crippen LogP) is 4.29. The van der Waals surface area contributed by atoms with Gasteiger partial charge >= 0.3 is 0 Å². The van der Waals surface area contributed by atoms with Crippen molar-refractivity contribution in [2.45, 2.75) is 31.6 Å². The summed E-state index contributed by atoms with van der Waals surface area (Å²) < 4.78 is 40.1. The number of benzene rings is 2. The molecule has 2 aliphatic heterocycles. The van der Waals surface area contributed by atoms with Crippen LogP contribution in [-0.4, -0.2) is 75.6 Å². The average Bonchev–Trinajstić information content (AvgIpc) is 3.50. The van der Waals surface area contributed by atoms with Gasteiger partial charge in [-0.05, 0) is 69.6 Å². The second-order valence-corrected chi connectivity index (χ2v) is 13.5. The Morgan fingerprint density at radius 1 is 1.05 bits per heavy atom. The van der Waals surface area contributed by atoms with Gasteiger partial charge in [-0.25, -0.2) is 13.4 Å². The highest BCUT2D eigenvalue weighted by Crippen LogP contribution is 2.40. The van der Waals surface area contributed by atoms with E-state index in [1.54, 1.807) is 33.5 Å². The Hall–Kier alpha value is -2.73. The monoisotopic (exact) mass is 558 g/mol. The molecule has 11 heteroatoms. The average molecular weight is 559 g/mol. The first kappa shape index (κ1) is 26.9. The van der Waals surface area contributed by atoms with Crippen LogP contribution in [0.2, 0.25) is 0 Å². The molecule has 0 bridgehead atoms. The molecule has 5 rings (SSSR count). The maximum absolute atomic E-state index is 13.7. The van der Waals surface area contributed by atoms with Gasteiger partial charge in [0.2, 0.25) is 16.8 Å². The van der Waals surface area contributed by atoms with Crippen LogP contribution in [0.15, 0.2) is 41.3 Å². The van der Waals surface area contributed by atoms with E-state index in [-0.39, 0.29) is 17.6 Å². The molecular formula is C27H34N4O5S2. The van der Waals surface area contributed by atoms with Crippen molar-refractivity contribution in [2.75, 3.05) is 52.0 Å². The molecule has 204 valence electrons. The Morgan fingerprint density at radius 2 is 1.71 bits per heavy atom. The number of carbonyl (C=O) groups is 1. The quantitative estimate of drug-likeness (QED) is 0.407. The fourth-order valence-electron chi connectivity index (χ4n) is 5.13. The Labute approximate surface area is 228 Å². The lowest BCUT2D eigenvalue weighted by atomic mass is 9.94. The number of aromatic nitrogens is 1. The Morgan fingerprint density at radius 3 is 2.37 bits per heavy atom. The number of thiazole rings is 1. The number of sulfonamides is 1. The minimum Gasteiger partial charge on any atom is -0.454 e. The lowest BCUT2D eigenvalue weighted by molar-refractivity contribution is 0.0986. The van der Waals surface area contributed by atoms with Crippen molar-refractivity contribution in [1.29, 1.82) is 0 Å². The number of ether oxygens (including phenoxy) is 2. The third-order valence-corrected chi connectivity index (χ3v) is 9.80. The molecule has 3 aromatic rings. The van der Waals surface area contributed by atoms with Crippen molar-refractivity contribution >= 4 is 42.6 Å². The minimum absolute atomic E-state index is 0.191. The van der Waals surface area contributed by atoms with Gasteiger partial charge in [0.25, 0.3) is 5.91 Å². The number of hydrogen-bond donors (Lipinski definition) is 0. The number of piperidine rings is 1. The summed E-state index contributed by atoms with van der Waals surface area (Å²) in [6, 6.07) is 10.0. The highest BCUT2D eigenvalue weighted by Gasteiger charge is 2.32. The van der Waals surface area contributed by atoms with Crippen molar-refractivity contribution in [3.8, 4) is 11.5 Å². The number of anilines is 1. The smallest absolute Gasteiger partial charge is 0.260 e. The molecule has 1 saturated heterocycles. The normalized spacial score (nSPS) is 19.8. The Bertz CT molecular complexity index is 1370. The van der Waals surface area contributed by atoms with Crippen molar-refractivity contribution in [3.05, 3.63) is 42.0 Å². The highest BCUT2D eigenvalue weighted by atomic mass is 32.2. The second-order valence-electron chi connectivity index (χ2n) is 10.6. The maximum atomic E-state index is 13.7. The van der Waals surface area contributed by atoms with Crippen molar-refractivity contribution < 1.29 is 22.7 Å². The first-order chi connectivity index (χ1) is 18.1. The van der Waals surface area contributed by atoms with E-state index in [2.05, 4.69) is 18.7 Å². The zero-order valence-corrected chi connectivity index (χ0v) is 23.8. The molecule has 0 radical (unpaired) electrons. The molecule has 2 atom stereocenters. The van der Waals surface area contributed by atoms with E-state index in [0.717, 1.165) is 29.6 Å². The summed E-state index contributed by atoms with van der Waals surface area (Å²) in [7, 11) is 0.369. The summed E-state index contributed by atoms with van der Waals surface area (Å²) in [5, 5.41) is 0.584. The molecule has 38 heavy (non-hydrogen) atoms. The molecule has 1 aromatic heterocycles. The molecule has 0 aliphatic carbocycles. The van der Waals surface area contributed by atoms with Crippen LogP contribution in [0.5, 0.6) is 11.5 Å². The molecule has 1 amide bonds. The van der Waals surface area contributed by atoms with E-state index < -0.39 is 10.0 Å². The van der Waals surface area contributed by atoms with E-state index in [4.69, 9.17) is 14.5 Å². The third kappa shape index (κ3) is 5.51. The lowest BCUT2D eigenvalue weighted by Gasteiger charge is -2.34. The molecule has 2 unspecified atom stereocenters. The molecule has 1 fully saturated rings. The molecule has 9 nitrogen and oxygen atoms in total. The predicted molar refractivity (Wildman–Crippen MR) is 149 cm³/mol. The second kappa shape index (κ2) is 10.8. The number of rotatable bonds is 8. The van der Waals surface area contributed by atoms with Gasteiger partial charge in [-0.2, -0.15) is 4.31 Å². The zero-order valence-electron chi connectivity index (χ0n) is 22.2. The van der Waals surface area contributed by atoms with Crippen LogP contribution >= 0.6 is 11.3 Å². The molecule has 0 saturated carbocycles.